The molecule has 2 nitrogen and oxygen atoms in total. The Bertz CT molecular complexity index is 603. The van der Waals surface area contributed by atoms with Gasteiger partial charge in [0, 0.05) is 16.3 Å². The minimum absolute atomic E-state index is 0.708. The summed E-state index contributed by atoms with van der Waals surface area (Å²) in [6.07, 6.45) is 5.61. The van der Waals surface area contributed by atoms with E-state index in [0.29, 0.717) is 6.61 Å². The highest BCUT2D eigenvalue weighted by molar-refractivity contribution is 7.15. The highest BCUT2D eigenvalue weighted by atomic mass is 32.1. The Morgan fingerprint density at radius 2 is 1.96 bits per heavy atom. The molecule has 0 bridgehead atoms. The van der Waals surface area contributed by atoms with Gasteiger partial charge in [-0.3, -0.25) is 0 Å². The van der Waals surface area contributed by atoms with E-state index in [-0.39, 0.29) is 0 Å². The molecule has 0 amide bonds. The zero-order chi connectivity index (χ0) is 17.2. The van der Waals surface area contributed by atoms with E-state index < -0.39 is 0 Å². The summed E-state index contributed by atoms with van der Waals surface area (Å²) < 4.78 is 5.50. The van der Waals surface area contributed by atoms with Crippen molar-refractivity contribution in [2.24, 2.45) is 5.92 Å². The van der Waals surface area contributed by atoms with Gasteiger partial charge >= 0.3 is 0 Å². The van der Waals surface area contributed by atoms with Crippen LogP contribution in [-0.2, 0) is 6.54 Å². The summed E-state index contributed by atoms with van der Waals surface area (Å²) in [5, 5.41) is 3.57. The standard InChI is InChI=1S/C21H29NOS/c1-4-7-17(5-2)14-15-22-16-20-12-13-21(24-20)18-8-10-19(11-9-18)23-6-3/h4,8-13,17,22H,1,5-7,14-16H2,2-3H3. The van der Waals surface area contributed by atoms with Crippen molar-refractivity contribution >= 4 is 11.3 Å². The zero-order valence-corrected chi connectivity index (χ0v) is 15.7. The molecule has 1 aromatic heterocycles. The van der Waals surface area contributed by atoms with Gasteiger partial charge in [0.1, 0.15) is 5.75 Å². The predicted molar refractivity (Wildman–Crippen MR) is 106 cm³/mol. The molecule has 0 aliphatic rings. The molecule has 3 heteroatoms. The fourth-order valence-corrected chi connectivity index (χ4v) is 3.74. The molecule has 0 saturated carbocycles. The minimum Gasteiger partial charge on any atom is -0.494 e. The first-order valence-electron chi connectivity index (χ1n) is 8.90. The molecule has 0 radical (unpaired) electrons. The molecule has 1 heterocycles. The van der Waals surface area contributed by atoms with Crippen LogP contribution in [0.2, 0.25) is 0 Å². The summed E-state index contributed by atoms with van der Waals surface area (Å²) in [7, 11) is 0. The van der Waals surface area contributed by atoms with Gasteiger partial charge in [0.2, 0.25) is 0 Å². The number of hydrogen-bond donors (Lipinski definition) is 1. The molecular formula is C21H29NOS. The highest BCUT2D eigenvalue weighted by Crippen LogP contribution is 2.29. The lowest BCUT2D eigenvalue weighted by molar-refractivity contribution is 0.340. The molecule has 0 aliphatic carbocycles. The van der Waals surface area contributed by atoms with E-state index in [4.69, 9.17) is 4.74 Å². The summed E-state index contributed by atoms with van der Waals surface area (Å²) in [5.74, 6) is 1.70. The van der Waals surface area contributed by atoms with Gasteiger partial charge in [0.05, 0.1) is 6.61 Å². The van der Waals surface area contributed by atoms with Crippen LogP contribution in [0.4, 0.5) is 0 Å². The van der Waals surface area contributed by atoms with Crippen LogP contribution in [0.5, 0.6) is 5.75 Å². The Kier molecular flexibility index (Phi) is 8.06. The molecule has 1 atom stereocenters. The molecule has 0 spiro atoms. The summed E-state index contributed by atoms with van der Waals surface area (Å²) in [6, 6.07) is 12.8. The lowest BCUT2D eigenvalue weighted by Crippen LogP contribution is -2.16. The molecule has 0 fully saturated rings. The summed E-state index contributed by atoms with van der Waals surface area (Å²) in [6.45, 7) is 10.8. The van der Waals surface area contributed by atoms with Crippen LogP contribution in [0.25, 0.3) is 10.4 Å². The van der Waals surface area contributed by atoms with Crippen LogP contribution in [0.1, 0.15) is 38.0 Å². The smallest absolute Gasteiger partial charge is 0.119 e. The second kappa shape index (κ2) is 10.3. The Labute approximate surface area is 150 Å². The minimum atomic E-state index is 0.708. The average molecular weight is 344 g/mol. The van der Waals surface area contributed by atoms with E-state index in [1.54, 1.807) is 0 Å². The van der Waals surface area contributed by atoms with E-state index in [2.05, 4.69) is 43.1 Å². The molecule has 1 N–H and O–H groups in total. The first-order valence-corrected chi connectivity index (χ1v) is 9.72. The Morgan fingerprint density at radius 3 is 2.62 bits per heavy atom. The van der Waals surface area contributed by atoms with Crippen LogP contribution >= 0.6 is 11.3 Å². The van der Waals surface area contributed by atoms with Crippen molar-refractivity contribution in [2.75, 3.05) is 13.2 Å². The maximum absolute atomic E-state index is 5.50. The largest absolute Gasteiger partial charge is 0.494 e. The van der Waals surface area contributed by atoms with Crippen molar-refractivity contribution in [3.8, 4) is 16.2 Å². The van der Waals surface area contributed by atoms with Crippen molar-refractivity contribution in [1.29, 1.82) is 0 Å². The molecule has 0 aliphatic heterocycles. The lowest BCUT2D eigenvalue weighted by Gasteiger charge is -2.12. The van der Waals surface area contributed by atoms with Crippen molar-refractivity contribution < 1.29 is 4.74 Å². The van der Waals surface area contributed by atoms with Gasteiger partial charge in [-0.2, -0.15) is 0 Å². The number of nitrogens with one attached hydrogen (secondary N) is 1. The topological polar surface area (TPSA) is 21.3 Å². The molecule has 24 heavy (non-hydrogen) atoms. The van der Waals surface area contributed by atoms with Gasteiger partial charge in [-0.25, -0.2) is 0 Å². The molecule has 1 unspecified atom stereocenters. The molecule has 0 saturated heterocycles. The Morgan fingerprint density at radius 1 is 1.17 bits per heavy atom. The van der Waals surface area contributed by atoms with Crippen LogP contribution in [0.3, 0.4) is 0 Å². The maximum atomic E-state index is 5.50. The third-order valence-electron chi connectivity index (χ3n) is 4.22. The van der Waals surface area contributed by atoms with Crippen LogP contribution in [0, 0.1) is 5.92 Å². The molecule has 2 rings (SSSR count). The van der Waals surface area contributed by atoms with E-state index >= 15 is 0 Å². The molecular weight excluding hydrogens is 314 g/mol. The molecule has 130 valence electrons. The summed E-state index contributed by atoms with van der Waals surface area (Å²) >= 11 is 1.86. The zero-order valence-electron chi connectivity index (χ0n) is 14.9. The quantitative estimate of drug-likeness (QED) is 0.405. The summed E-state index contributed by atoms with van der Waals surface area (Å²) in [5.41, 5.74) is 1.26. The number of ether oxygens (including phenoxy) is 1. The SMILES string of the molecule is C=CCC(CC)CCNCc1ccc(-c2ccc(OCC)cc2)s1. The van der Waals surface area contributed by atoms with Gasteiger partial charge in [-0.15, -0.1) is 17.9 Å². The summed E-state index contributed by atoms with van der Waals surface area (Å²) in [4.78, 5) is 2.70. The van der Waals surface area contributed by atoms with E-state index in [1.807, 2.05) is 36.5 Å². The molecule has 1 aromatic carbocycles. The van der Waals surface area contributed by atoms with Crippen molar-refractivity contribution in [1.82, 2.24) is 5.32 Å². The Hall–Kier alpha value is -1.58. The van der Waals surface area contributed by atoms with Gasteiger partial charge in [-0.05, 0) is 74.2 Å². The van der Waals surface area contributed by atoms with Crippen molar-refractivity contribution in [3.63, 3.8) is 0 Å². The normalized spacial score (nSPS) is 12.1. The van der Waals surface area contributed by atoms with Crippen LogP contribution in [-0.4, -0.2) is 13.2 Å². The number of benzene rings is 1. The second-order valence-electron chi connectivity index (χ2n) is 5.99. The maximum Gasteiger partial charge on any atom is 0.119 e. The monoisotopic (exact) mass is 343 g/mol. The number of thiophene rings is 1. The number of allylic oxidation sites excluding steroid dienone is 1. The van der Waals surface area contributed by atoms with Gasteiger partial charge in [0.25, 0.3) is 0 Å². The first-order chi connectivity index (χ1) is 11.8. The fourth-order valence-electron chi connectivity index (χ4n) is 2.75. The van der Waals surface area contributed by atoms with E-state index in [1.165, 1.54) is 28.2 Å². The van der Waals surface area contributed by atoms with Gasteiger partial charge in [-0.1, -0.05) is 19.4 Å². The van der Waals surface area contributed by atoms with E-state index in [9.17, 15) is 0 Å². The number of rotatable bonds is 11. The van der Waals surface area contributed by atoms with Crippen LogP contribution in [0.15, 0.2) is 49.1 Å². The third kappa shape index (κ3) is 5.81. The lowest BCUT2D eigenvalue weighted by atomic mass is 9.99. The van der Waals surface area contributed by atoms with Crippen molar-refractivity contribution in [3.05, 3.63) is 53.9 Å². The Balaban J connectivity index is 1.81. The predicted octanol–water partition coefficient (Wildman–Crippen LogP) is 5.90. The molecule has 2 aromatic rings. The number of hydrogen-bond acceptors (Lipinski definition) is 3. The third-order valence-corrected chi connectivity index (χ3v) is 5.35. The van der Waals surface area contributed by atoms with E-state index in [0.717, 1.165) is 31.2 Å². The first kappa shape index (κ1) is 18.8. The fraction of sp³-hybridized carbons (Fsp3) is 0.429. The van der Waals surface area contributed by atoms with Gasteiger partial charge in [0.15, 0.2) is 0 Å². The van der Waals surface area contributed by atoms with Crippen molar-refractivity contribution in [2.45, 2.75) is 39.7 Å². The highest BCUT2D eigenvalue weighted by Gasteiger charge is 2.05. The average Bonchev–Trinajstić information content (AvgIpc) is 3.07. The van der Waals surface area contributed by atoms with Crippen LogP contribution < -0.4 is 10.1 Å². The van der Waals surface area contributed by atoms with Gasteiger partial charge < -0.3 is 10.1 Å². The second-order valence-corrected chi connectivity index (χ2v) is 7.16.